The molecule has 0 fully saturated rings. The average molecular weight is 383 g/mol. The summed E-state index contributed by atoms with van der Waals surface area (Å²) in [7, 11) is 0. The largest absolute Gasteiger partial charge is 0.418 e. The van der Waals surface area contributed by atoms with E-state index in [4.69, 9.17) is 0 Å². The standard InChI is InChI=1S/C18H17F4N3O2/c1-11(26)24-14-5-6-16(15(10-14)18(20,21)22)25-17(27)23-8-7-12-3-2-4-13(19)9-12/h2-6,9-10H,7-8H2,1H3,(H,24,26)(H2,23,25,27). The van der Waals surface area contributed by atoms with E-state index in [1.807, 2.05) is 0 Å². The molecule has 0 saturated heterocycles. The monoisotopic (exact) mass is 383 g/mol. The molecule has 5 nitrogen and oxygen atoms in total. The molecule has 0 bridgehead atoms. The second-order valence-corrected chi connectivity index (χ2v) is 5.70. The number of halogens is 4. The average Bonchev–Trinajstić information content (AvgIpc) is 2.55. The van der Waals surface area contributed by atoms with Crippen molar-refractivity contribution in [3.63, 3.8) is 0 Å². The summed E-state index contributed by atoms with van der Waals surface area (Å²) in [5.41, 5.74) is -0.924. The zero-order valence-electron chi connectivity index (χ0n) is 14.3. The Morgan fingerprint density at radius 3 is 2.41 bits per heavy atom. The molecule has 2 aromatic rings. The van der Waals surface area contributed by atoms with Crippen LogP contribution >= 0.6 is 0 Å². The molecular weight excluding hydrogens is 366 g/mol. The van der Waals surface area contributed by atoms with Crippen LogP contribution in [0.4, 0.5) is 33.7 Å². The minimum Gasteiger partial charge on any atom is -0.338 e. The number of anilines is 2. The molecule has 3 amide bonds. The van der Waals surface area contributed by atoms with Crippen LogP contribution in [-0.4, -0.2) is 18.5 Å². The lowest BCUT2D eigenvalue weighted by atomic mass is 10.1. The second-order valence-electron chi connectivity index (χ2n) is 5.70. The lowest BCUT2D eigenvalue weighted by Gasteiger charge is -2.16. The fraction of sp³-hybridized carbons (Fsp3) is 0.222. The molecule has 2 rings (SSSR count). The van der Waals surface area contributed by atoms with Crippen molar-refractivity contribution in [2.75, 3.05) is 17.2 Å². The molecule has 0 spiro atoms. The third-order valence-corrected chi connectivity index (χ3v) is 3.48. The van der Waals surface area contributed by atoms with Gasteiger partial charge in [0.25, 0.3) is 0 Å². The Bertz CT molecular complexity index is 838. The maximum absolute atomic E-state index is 13.2. The number of hydrogen-bond acceptors (Lipinski definition) is 2. The summed E-state index contributed by atoms with van der Waals surface area (Å²) >= 11 is 0. The van der Waals surface area contributed by atoms with Crippen molar-refractivity contribution in [3.05, 3.63) is 59.4 Å². The predicted molar refractivity (Wildman–Crippen MR) is 92.9 cm³/mol. The van der Waals surface area contributed by atoms with Crippen molar-refractivity contribution < 1.29 is 27.2 Å². The molecule has 0 aliphatic heterocycles. The molecular formula is C18H17F4N3O2. The number of carbonyl (C=O) groups excluding carboxylic acids is 2. The van der Waals surface area contributed by atoms with Gasteiger partial charge in [-0.3, -0.25) is 4.79 Å². The highest BCUT2D eigenvalue weighted by Crippen LogP contribution is 2.36. The van der Waals surface area contributed by atoms with E-state index < -0.39 is 35.2 Å². The molecule has 2 aromatic carbocycles. The first-order valence-electron chi connectivity index (χ1n) is 7.93. The van der Waals surface area contributed by atoms with Gasteiger partial charge in [-0.05, 0) is 42.3 Å². The summed E-state index contributed by atoms with van der Waals surface area (Å²) in [6.07, 6.45) is -4.41. The van der Waals surface area contributed by atoms with Crippen LogP contribution in [0.5, 0.6) is 0 Å². The highest BCUT2D eigenvalue weighted by Gasteiger charge is 2.34. The molecule has 9 heteroatoms. The van der Waals surface area contributed by atoms with Crippen LogP contribution in [0.2, 0.25) is 0 Å². The quantitative estimate of drug-likeness (QED) is 0.679. The van der Waals surface area contributed by atoms with E-state index in [0.29, 0.717) is 12.0 Å². The number of carbonyl (C=O) groups is 2. The van der Waals surface area contributed by atoms with Crippen LogP contribution in [0.25, 0.3) is 0 Å². The summed E-state index contributed by atoms with van der Waals surface area (Å²) in [6, 6.07) is 8.00. The molecule has 0 aliphatic rings. The van der Waals surface area contributed by atoms with E-state index in [0.717, 1.165) is 12.1 Å². The molecule has 0 aromatic heterocycles. The molecule has 0 saturated carbocycles. The van der Waals surface area contributed by atoms with Gasteiger partial charge in [0.1, 0.15) is 5.82 Å². The van der Waals surface area contributed by atoms with Gasteiger partial charge in [-0.1, -0.05) is 12.1 Å². The van der Waals surface area contributed by atoms with Crippen LogP contribution in [0.15, 0.2) is 42.5 Å². The van der Waals surface area contributed by atoms with E-state index in [1.54, 1.807) is 6.07 Å². The fourth-order valence-corrected chi connectivity index (χ4v) is 2.35. The number of hydrogen-bond donors (Lipinski definition) is 3. The Kier molecular flexibility index (Phi) is 6.38. The van der Waals surface area contributed by atoms with Gasteiger partial charge in [0.05, 0.1) is 11.3 Å². The Hall–Kier alpha value is -3.10. The smallest absolute Gasteiger partial charge is 0.338 e. The molecule has 0 aliphatic carbocycles. The van der Waals surface area contributed by atoms with Gasteiger partial charge in [-0.25, -0.2) is 9.18 Å². The highest BCUT2D eigenvalue weighted by molar-refractivity contribution is 5.92. The van der Waals surface area contributed by atoms with Gasteiger partial charge in [-0.2, -0.15) is 13.2 Å². The van der Waals surface area contributed by atoms with Crippen molar-refractivity contribution in [2.24, 2.45) is 0 Å². The van der Waals surface area contributed by atoms with Crippen LogP contribution < -0.4 is 16.0 Å². The minimum atomic E-state index is -4.72. The molecule has 27 heavy (non-hydrogen) atoms. The topological polar surface area (TPSA) is 70.2 Å². The van der Waals surface area contributed by atoms with Crippen LogP contribution in [0.3, 0.4) is 0 Å². The molecule has 0 heterocycles. The predicted octanol–water partition coefficient (Wildman–Crippen LogP) is 4.17. The number of benzene rings is 2. The van der Waals surface area contributed by atoms with E-state index in [2.05, 4.69) is 16.0 Å². The lowest BCUT2D eigenvalue weighted by molar-refractivity contribution is -0.137. The Morgan fingerprint density at radius 1 is 1.04 bits per heavy atom. The zero-order chi connectivity index (χ0) is 20.0. The van der Waals surface area contributed by atoms with Gasteiger partial charge in [-0.15, -0.1) is 0 Å². The summed E-state index contributed by atoms with van der Waals surface area (Å²) in [5.74, 6) is -0.926. The number of alkyl halides is 3. The zero-order valence-corrected chi connectivity index (χ0v) is 14.3. The summed E-state index contributed by atoms with van der Waals surface area (Å²) in [5, 5.41) is 6.81. The summed E-state index contributed by atoms with van der Waals surface area (Å²) in [6.45, 7) is 1.28. The van der Waals surface area contributed by atoms with Gasteiger partial charge in [0.2, 0.25) is 5.91 Å². The molecule has 0 atom stereocenters. The van der Waals surface area contributed by atoms with Crippen molar-refractivity contribution >= 4 is 23.3 Å². The van der Waals surface area contributed by atoms with E-state index in [-0.39, 0.29) is 12.2 Å². The Labute approximate surface area is 152 Å². The first-order chi connectivity index (χ1) is 12.6. The van der Waals surface area contributed by atoms with Gasteiger partial charge in [0, 0.05) is 19.2 Å². The third-order valence-electron chi connectivity index (χ3n) is 3.48. The maximum Gasteiger partial charge on any atom is 0.418 e. The Morgan fingerprint density at radius 2 is 1.78 bits per heavy atom. The van der Waals surface area contributed by atoms with Gasteiger partial charge >= 0.3 is 12.2 Å². The Balaban J connectivity index is 2.02. The first kappa shape index (κ1) is 20.2. The second kappa shape index (κ2) is 8.52. The number of urea groups is 1. The van der Waals surface area contributed by atoms with Gasteiger partial charge < -0.3 is 16.0 Å². The number of amides is 3. The highest BCUT2D eigenvalue weighted by atomic mass is 19.4. The molecule has 0 unspecified atom stereocenters. The van der Waals surface area contributed by atoms with Gasteiger partial charge in [0.15, 0.2) is 0 Å². The van der Waals surface area contributed by atoms with Crippen LogP contribution in [0.1, 0.15) is 18.1 Å². The van der Waals surface area contributed by atoms with E-state index >= 15 is 0 Å². The van der Waals surface area contributed by atoms with Crippen LogP contribution in [-0.2, 0) is 17.4 Å². The molecule has 0 radical (unpaired) electrons. The van der Waals surface area contributed by atoms with E-state index in [1.165, 1.54) is 31.2 Å². The normalized spacial score (nSPS) is 11.0. The number of nitrogens with one attached hydrogen (secondary N) is 3. The maximum atomic E-state index is 13.2. The number of rotatable bonds is 5. The first-order valence-corrected chi connectivity index (χ1v) is 7.93. The summed E-state index contributed by atoms with van der Waals surface area (Å²) in [4.78, 5) is 22.9. The van der Waals surface area contributed by atoms with E-state index in [9.17, 15) is 27.2 Å². The minimum absolute atomic E-state index is 0.0353. The van der Waals surface area contributed by atoms with Crippen molar-refractivity contribution in [3.8, 4) is 0 Å². The summed E-state index contributed by atoms with van der Waals surface area (Å²) < 4.78 is 52.7. The van der Waals surface area contributed by atoms with Crippen molar-refractivity contribution in [1.82, 2.24) is 5.32 Å². The lowest BCUT2D eigenvalue weighted by Crippen LogP contribution is -2.31. The molecule has 3 N–H and O–H groups in total. The SMILES string of the molecule is CC(=O)Nc1ccc(NC(=O)NCCc2cccc(F)c2)c(C(F)(F)F)c1. The molecule has 144 valence electrons. The van der Waals surface area contributed by atoms with Crippen molar-refractivity contribution in [1.29, 1.82) is 0 Å². The van der Waals surface area contributed by atoms with Crippen LogP contribution in [0, 0.1) is 5.82 Å². The third kappa shape index (κ3) is 6.28. The fourth-order valence-electron chi connectivity index (χ4n) is 2.35. The van der Waals surface area contributed by atoms with Crippen molar-refractivity contribution in [2.45, 2.75) is 19.5 Å².